The number of aliphatic carboxylic acids is 1. The minimum Gasteiger partial charge on any atom is -0.481 e. The number of carboxylic acid groups (broad SMARTS) is 1. The van der Waals surface area contributed by atoms with E-state index in [-0.39, 0.29) is 4.90 Å². The van der Waals surface area contributed by atoms with E-state index in [1.807, 2.05) is 0 Å². The second-order valence-electron chi connectivity index (χ2n) is 5.36. The van der Waals surface area contributed by atoms with Crippen LogP contribution in [0.5, 0.6) is 0 Å². The van der Waals surface area contributed by atoms with Crippen LogP contribution in [0.25, 0.3) is 0 Å². The Morgan fingerprint density at radius 3 is 2.35 bits per heavy atom. The number of rotatable bonds is 3. The zero-order valence-electron chi connectivity index (χ0n) is 11.2. The molecule has 1 aliphatic carbocycles. The van der Waals surface area contributed by atoms with Gasteiger partial charge in [-0.15, -0.1) is 0 Å². The van der Waals surface area contributed by atoms with Crippen molar-refractivity contribution in [2.45, 2.75) is 42.4 Å². The molecule has 0 spiro atoms. The highest BCUT2D eigenvalue weighted by atomic mass is 35.5. The lowest BCUT2D eigenvalue weighted by Gasteiger charge is -2.34. The quantitative estimate of drug-likeness (QED) is 0.930. The van der Waals surface area contributed by atoms with E-state index in [2.05, 4.69) is 0 Å². The summed E-state index contributed by atoms with van der Waals surface area (Å²) in [6.45, 7) is 0. The first kappa shape index (κ1) is 15.3. The second kappa shape index (κ2) is 5.37. The van der Waals surface area contributed by atoms with Crippen molar-refractivity contribution in [1.29, 1.82) is 0 Å². The normalized spacial score (nSPS) is 18.7. The summed E-state index contributed by atoms with van der Waals surface area (Å²) in [6.07, 6.45) is 4.53. The van der Waals surface area contributed by atoms with E-state index in [1.54, 1.807) is 0 Å². The Kier molecular flexibility index (Phi) is 4.12. The van der Waals surface area contributed by atoms with Gasteiger partial charge in [0.15, 0.2) is 9.84 Å². The van der Waals surface area contributed by atoms with Gasteiger partial charge in [0.1, 0.15) is 0 Å². The first-order valence-corrected chi connectivity index (χ1v) is 8.78. The molecule has 4 nitrogen and oxygen atoms in total. The van der Waals surface area contributed by atoms with E-state index < -0.39 is 21.2 Å². The van der Waals surface area contributed by atoms with Crippen LogP contribution in [0.3, 0.4) is 0 Å². The summed E-state index contributed by atoms with van der Waals surface area (Å²) in [7, 11) is -3.49. The maximum atomic E-state index is 11.9. The molecule has 1 N–H and O–H groups in total. The lowest BCUT2D eigenvalue weighted by molar-refractivity contribution is -0.145. The summed E-state index contributed by atoms with van der Waals surface area (Å²) in [5, 5.41) is 10.0. The van der Waals surface area contributed by atoms with E-state index >= 15 is 0 Å². The summed E-state index contributed by atoms with van der Waals surface area (Å²) in [6, 6.07) is 4.39. The fraction of sp³-hybridized carbons (Fsp3) is 0.500. The highest BCUT2D eigenvalue weighted by Gasteiger charge is 2.44. The molecule has 1 aromatic rings. The molecule has 0 saturated heterocycles. The van der Waals surface area contributed by atoms with Crippen LogP contribution in [-0.4, -0.2) is 25.7 Å². The van der Waals surface area contributed by atoms with Crippen LogP contribution in [0.1, 0.15) is 37.7 Å². The Morgan fingerprint density at radius 2 is 1.85 bits per heavy atom. The average Bonchev–Trinajstić information content (AvgIpc) is 2.37. The molecule has 0 aliphatic heterocycles. The molecule has 110 valence electrons. The smallest absolute Gasteiger partial charge is 0.314 e. The standard InChI is InChI=1S/C14H17ClO4S/c1-20(18,19)12-6-5-10(15)9-11(12)14(13(16)17)7-3-2-4-8-14/h5-6,9H,2-4,7-8H2,1H3,(H,16,17). The first-order chi connectivity index (χ1) is 9.27. The van der Waals surface area contributed by atoms with Gasteiger partial charge in [-0.05, 0) is 36.6 Å². The molecule has 0 atom stereocenters. The molecule has 0 unspecified atom stereocenters. The van der Waals surface area contributed by atoms with Crippen molar-refractivity contribution in [1.82, 2.24) is 0 Å². The van der Waals surface area contributed by atoms with Gasteiger partial charge >= 0.3 is 5.97 Å². The molecule has 0 amide bonds. The van der Waals surface area contributed by atoms with Crippen LogP contribution in [0.4, 0.5) is 0 Å². The Labute approximate surface area is 123 Å². The van der Waals surface area contributed by atoms with Gasteiger partial charge < -0.3 is 5.11 Å². The Balaban J connectivity index is 2.70. The van der Waals surface area contributed by atoms with Gasteiger partial charge in [-0.25, -0.2) is 8.42 Å². The Bertz CT molecular complexity index is 631. The van der Waals surface area contributed by atoms with Crippen molar-refractivity contribution in [3.05, 3.63) is 28.8 Å². The molecule has 0 aromatic heterocycles. The van der Waals surface area contributed by atoms with Crippen LogP contribution >= 0.6 is 11.6 Å². The van der Waals surface area contributed by atoms with Crippen molar-refractivity contribution in [3.8, 4) is 0 Å². The van der Waals surface area contributed by atoms with Gasteiger partial charge in [0.2, 0.25) is 0 Å². The van der Waals surface area contributed by atoms with Crippen molar-refractivity contribution in [2.75, 3.05) is 6.26 Å². The summed E-state index contributed by atoms with van der Waals surface area (Å²) < 4.78 is 23.9. The number of sulfone groups is 1. The van der Waals surface area contributed by atoms with Gasteiger partial charge in [-0.1, -0.05) is 30.9 Å². The van der Waals surface area contributed by atoms with Gasteiger partial charge in [-0.3, -0.25) is 4.79 Å². The number of benzene rings is 1. The molecule has 0 bridgehead atoms. The predicted molar refractivity (Wildman–Crippen MR) is 77.0 cm³/mol. The van der Waals surface area contributed by atoms with Crippen LogP contribution < -0.4 is 0 Å². The third-order valence-electron chi connectivity index (χ3n) is 3.97. The van der Waals surface area contributed by atoms with E-state index in [0.717, 1.165) is 25.5 Å². The zero-order chi connectivity index (χ0) is 15.0. The average molecular weight is 317 g/mol. The maximum absolute atomic E-state index is 11.9. The lowest BCUT2D eigenvalue weighted by Crippen LogP contribution is -2.39. The number of halogens is 1. The molecule has 2 rings (SSSR count). The van der Waals surface area contributed by atoms with Gasteiger partial charge in [0, 0.05) is 11.3 Å². The van der Waals surface area contributed by atoms with Crippen molar-refractivity contribution in [3.63, 3.8) is 0 Å². The van der Waals surface area contributed by atoms with Gasteiger partial charge in [0.25, 0.3) is 0 Å². The molecular formula is C14H17ClO4S. The minimum atomic E-state index is -3.49. The third-order valence-corrected chi connectivity index (χ3v) is 5.36. The van der Waals surface area contributed by atoms with Crippen LogP contribution in [0.2, 0.25) is 5.02 Å². The predicted octanol–water partition coefficient (Wildman–Crippen LogP) is 3.03. The molecule has 0 radical (unpaired) electrons. The van der Waals surface area contributed by atoms with Crippen LogP contribution in [0.15, 0.2) is 23.1 Å². The summed E-state index contributed by atoms with van der Waals surface area (Å²) in [4.78, 5) is 11.9. The van der Waals surface area contributed by atoms with E-state index in [4.69, 9.17) is 11.6 Å². The van der Waals surface area contributed by atoms with Crippen molar-refractivity contribution in [2.24, 2.45) is 0 Å². The van der Waals surface area contributed by atoms with Crippen molar-refractivity contribution >= 4 is 27.4 Å². The number of carbonyl (C=O) groups is 1. The number of hydrogen-bond acceptors (Lipinski definition) is 3. The maximum Gasteiger partial charge on any atom is 0.314 e. The zero-order valence-corrected chi connectivity index (χ0v) is 12.8. The summed E-state index contributed by atoms with van der Waals surface area (Å²) in [5.41, 5.74) is -0.804. The number of hydrogen-bond donors (Lipinski definition) is 1. The lowest BCUT2D eigenvalue weighted by atomic mass is 9.69. The Morgan fingerprint density at radius 1 is 1.25 bits per heavy atom. The van der Waals surface area contributed by atoms with Crippen molar-refractivity contribution < 1.29 is 18.3 Å². The molecule has 1 aliphatic rings. The topological polar surface area (TPSA) is 71.4 Å². The molecule has 1 saturated carbocycles. The number of carboxylic acids is 1. The fourth-order valence-electron chi connectivity index (χ4n) is 2.95. The van der Waals surface area contributed by atoms with Crippen LogP contribution in [0, 0.1) is 0 Å². The molecule has 6 heteroatoms. The molecule has 1 fully saturated rings. The largest absolute Gasteiger partial charge is 0.481 e. The monoisotopic (exact) mass is 316 g/mol. The molecule has 0 heterocycles. The van der Waals surface area contributed by atoms with Crippen LogP contribution in [-0.2, 0) is 20.0 Å². The van der Waals surface area contributed by atoms with Gasteiger partial charge in [0.05, 0.1) is 10.3 Å². The van der Waals surface area contributed by atoms with Gasteiger partial charge in [-0.2, -0.15) is 0 Å². The third kappa shape index (κ3) is 2.69. The fourth-order valence-corrected chi connectivity index (χ4v) is 4.09. The highest BCUT2D eigenvalue weighted by Crippen LogP contribution is 2.43. The second-order valence-corrected chi connectivity index (χ2v) is 7.78. The summed E-state index contributed by atoms with van der Waals surface area (Å²) >= 11 is 5.97. The molecule has 20 heavy (non-hydrogen) atoms. The van der Waals surface area contributed by atoms with E-state index in [9.17, 15) is 18.3 Å². The molecular weight excluding hydrogens is 300 g/mol. The first-order valence-electron chi connectivity index (χ1n) is 6.51. The molecule has 1 aromatic carbocycles. The minimum absolute atomic E-state index is 0.0752. The van der Waals surface area contributed by atoms with E-state index in [1.165, 1.54) is 18.2 Å². The highest BCUT2D eigenvalue weighted by molar-refractivity contribution is 7.90. The summed E-state index contributed by atoms with van der Waals surface area (Å²) in [5.74, 6) is -0.968. The Hall–Kier alpha value is -1.07. The van der Waals surface area contributed by atoms with E-state index in [0.29, 0.717) is 23.4 Å². The SMILES string of the molecule is CS(=O)(=O)c1ccc(Cl)cc1C1(C(=O)O)CCCCC1.